The lowest BCUT2D eigenvalue weighted by molar-refractivity contribution is -0.154. The highest BCUT2D eigenvalue weighted by Gasteiger charge is 2.18. The largest absolute Gasteiger partial charge is 0.460 e. The number of unbranched alkanes of at least 4 members (excludes halogenated alkanes) is 1. The van der Waals surface area contributed by atoms with Crippen LogP contribution in [-0.2, 0) is 22.5 Å². The van der Waals surface area contributed by atoms with E-state index in [4.69, 9.17) is 14.7 Å². The zero-order chi connectivity index (χ0) is 29.5. The first-order chi connectivity index (χ1) is 20.2. The van der Waals surface area contributed by atoms with Gasteiger partial charge < -0.3 is 9.30 Å². The number of fused-ring (bicyclic) bond motifs is 1. The Morgan fingerprint density at radius 2 is 1.57 bits per heavy atom. The Kier molecular flexibility index (Phi) is 8.86. The van der Waals surface area contributed by atoms with Gasteiger partial charge >= 0.3 is 5.97 Å². The quantitative estimate of drug-likeness (QED) is 0.0945. The second-order valence-corrected chi connectivity index (χ2v) is 11.5. The minimum Gasteiger partial charge on any atom is -0.460 e. The summed E-state index contributed by atoms with van der Waals surface area (Å²) in [7, 11) is 0. The van der Waals surface area contributed by atoms with Crippen LogP contribution >= 0.6 is 0 Å². The predicted octanol–water partition coefficient (Wildman–Crippen LogP) is 7.49. The van der Waals surface area contributed by atoms with Gasteiger partial charge in [0.05, 0.1) is 28.7 Å². The third-order valence-electron chi connectivity index (χ3n) is 6.90. The molecule has 0 N–H and O–H groups in total. The lowest BCUT2D eigenvalue weighted by Gasteiger charge is -2.19. The molecule has 2 heterocycles. The molecule has 0 amide bonds. The van der Waals surface area contributed by atoms with Crippen LogP contribution in [0.3, 0.4) is 0 Å². The highest BCUT2D eigenvalue weighted by Crippen LogP contribution is 2.32. The van der Waals surface area contributed by atoms with E-state index >= 15 is 0 Å². The predicted molar refractivity (Wildman–Crippen MR) is 165 cm³/mol. The summed E-state index contributed by atoms with van der Waals surface area (Å²) in [6.45, 7) is 6.47. The fourth-order valence-corrected chi connectivity index (χ4v) is 4.88. The Hall–Kier alpha value is -4.65. The van der Waals surface area contributed by atoms with E-state index in [1.54, 1.807) is 12.5 Å². The second-order valence-electron chi connectivity index (χ2n) is 11.5. The SMILES string of the molecule is CC(C)(C)OC(=O)CCc1cccc(-c2nc3ccc(C(=O)CCCCn4ccnc4)cc3nc2-c2ccccc2)c1. The van der Waals surface area contributed by atoms with Gasteiger partial charge in [-0.3, -0.25) is 9.59 Å². The molecule has 0 radical (unpaired) electrons. The number of benzene rings is 3. The summed E-state index contributed by atoms with van der Waals surface area (Å²) in [5.41, 5.74) is 5.94. The lowest BCUT2D eigenvalue weighted by atomic mass is 9.99. The molecule has 5 aromatic rings. The standard InChI is InChI=1S/C35H36N4O3/c1-35(2,3)42-32(41)18-15-25-10-9-13-28(22-25)34-33(26-11-5-4-6-12-26)38-30-23-27(16-17-29(30)37-34)31(40)14-7-8-20-39-21-19-36-24-39/h4-6,9-13,16-17,19,21-24H,7-8,14-15,18,20H2,1-3H3. The molecule has 0 atom stereocenters. The van der Waals surface area contributed by atoms with Crippen LogP contribution in [0.4, 0.5) is 0 Å². The normalized spacial score (nSPS) is 11.5. The fourth-order valence-electron chi connectivity index (χ4n) is 4.88. The van der Waals surface area contributed by atoms with Crippen LogP contribution in [0.5, 0.6) is 0 Å². The third kappa shape index (κ3) is 7.55. The molecule has 0 aliphatic heterocycles. The van der Waals surface area contributed by atoms with Gasteiger partial charge in [0, 0.05) is 48.5 Å². The Morgan fingerprint density at radius 1 is 0.810 bits per heavy atom. The number of hydrogen-bond donors (Lipinski definition) is 0. The Bertz CT molecular complexity index is 1670. The first kappa shape index (κ1) is 28.9. The van der Waals surface area contributed by atoms with Gasteiger partial charge in [0.1, 0.15) is 5.60 Å². The van der Waals surface area contributed by atoms with Crippen molar-refractivity contribution in [2.24, 2.45) is 0 Å². The summed E-state index contributed by atoms with van der Waals surface area (Å²) >= 11 is 0. The molecule has 0 spiro atoms. The maximum absolute atomic E-state index is 13.0. The molecule has 0 aliphatic carbocycles. The van der Waals surface area contributed by atoms with Gasteiger partial charge in [-0.1, -0.05) is 48.5 Å². The van der Waals surface area contributed by atoms with Gasteiger partial charge in [-0.25, -0.2) is 15.0 Å². The van der Waals surface area contributed by atoms with Gasteiger partial charge in [0.2, 0.25) is 0 Å². The molecule has 2 aromatic heterocycles. The Labute approximate surface area is 246 Å². The number of aryl methyl sites for hydroxylation is 2. The summed E-state index contributed by atoms with van der Waals surface area (Å²) < 4.78 is 7.50. The molecule has 0 saturated heterocycles. The van der Waals surface area contributed by atoms with E-state index in [0.717, 1.165) is 53.0 Å². The van der Waals surface area contributed by atoms with Crippen molar-refractivity contribution in [3.8, 4) is 22.5 Å². The molecule has 214 valence electrons. The summed E-state index contributed by atoms with van der Waals surface area (Å²) in [6, 6.07) is 23.6. The third-order valence-corrected chi connectivity index (χ3v) is 6.90. The van der Waals surface area contributed by atoms with Gasteiger partial charge in [0.25, 0.3) is 0 Å². The number of aromatic nitrogens is 4. The lowest BCUT2D eigenvalue weighted by Crippen LogP contribution is -2.24. The van der Waals surface area contributed by atoms with Crippen LogP contribution in [0, 0.1) is 0 Å². The smallest absolute Gasteiger partial charge is 0.306 e. The first-order valence-corrected chi connectivity index (χ1v) is 14.4. The zero-order valence-electron chi connectivity index (χ0n) is 24.4. The van der Waals surface area contributed by atoms with E-state index in [1.807, 2.05) is 98.3 Å². The number of carbonyl (C=O) groups excluding carboxylic acids is 2. The van der Waals surface area contributed by atoms with Crippen molar-refractivity contribution < 1.29 is 14.3 Å². The van der Waals surface area contributed by atoms with Crippen molar-refractivity contribution in [3.05, 3.63) is 103 Å². The van der Waals surface area contributed by atoms with E-state index in [-0.39, 0.29) is 11.8 Å². The zero-order valence-corrected chi connectivity index (χ0v) is 24.4. The number of rotatable bonds is 11. The second kappa shape index (κ2) is 12.9. The topological polar surface area (TPSA) is 87.0 Å². The molecule has 0 saturated carbocycles. The Balaban J connectivity index is 1.40. The molecule has 7 nitrogen and oxygen atoms in total. The van der Waals surface area contributed by atoms with Crippen molar-refractivity contribution in [2.75, 3.05) is 0 Å². The Morgan fingerprint density at radius 3 is 2.33 bits per heavy atom. The molecular weight excluding hydrogens is 524 g/mol. The number of esters is 1. The molecule has 0 aliphatic rings. The van der Waals surface area contributed by atoms with Crippen LogP contribution < -0.4 is 0 Å². The number of Topliss-reactive ketones (excluding diaryl/α,β-unsaturated/α-hetero) is 1. The monoisotopic (exact) mass is 560 g/mol. The number of carbonyl (C=O) groups is 2. The first-order valence-electron chi connectivity index (χ1n) is 14.4. The van der Waals surface area contributed by atoms with E-state index in [1.165, 1.54) is 0 Å². The van der Waals surface area contributed by atoms with Crippen molar-refractivity contribution in [1.29, 1.82) is 0 Å². The summed E-state index contributed by atoms with van der Waals surface area (Å²) in [4.78, 5) is 39.5. The maximum atomic E-state index is 13.0. The highest BCUT2D eigenvalue weighted by molar-refractivity contribution is 5.99. The molecule has 7 heteroatoms. The molecule has 5 rings (SSSR count). The van der Waals surface area contributed by atoms with Crippen LogP contribution in [0.25, 0.3) is 33.5 Å². The minimum atomic E-state index is -0.504. The number of hydrogen-bond acceptors (Lipinski definition) is 6. The van der Waals surface area contributed by atoms with Gasteiger partial charge in [-0.2, -0.15) is 0 Å². The van der Waals surface area contributed by atoms with E-state index in [9.17, 15) is 9.59 Å². The number of ketones is 1. The molecule has 0 unspecified atom stereocenters. The highest BCUT2D eigenvalue weighted by atomic mass is 16.6. The average molecular weight is 561 g/mol. The number of ether oxygens (including phenoxy) is 1. The van der Waals surface area contributed by atoms with Gasteiger partial charge in [-0.15, -0.1) is 0 Å². The summed E-state index contributed by atoms with van der Waals surface area (Å²) in [5.74, 6) is -0.112. The van der Waals surface area contributed by atoms with Gasteiger partial charge in [0.15, 0.2) is 5.78 Å². The van der Waals surface area contributed by atoms with Crippen LogP contribution in [-0.4, -0.2) is 36.9 Å². The van der Waals surface area contributed by atoms with Crippen LogP contribution in [0.15, 0.2) is 91.5 Å². The maximum Gasteiger partial charge on any atom is 0.306 e. The average Bonchev–Trinajstić information content (AvgIpc) is 3.51. The summed E-state index contributed by atoms with van der Waals surface area (Å²) in [6.07, 6.45) is 8.56. The van der Waals surface area contributed by atoms with Crippen molar-refractivity contribution in [3.63, 3.8) is 0 Å². The molecule has 3 aromatic carbocycles. The van der Waals surface area contributed by atoms with Crippen molar-refractivity contribution in [1.82, 2.24) is 19.5 Å². The summed E-state index contributed by atoms with van der Waals surface area (Å²) in [5, 5.41) is 0. The molecular formula is C35H36N4O3. The van der Waals surface area contributed by atoms with Crippen molar-refractivity contribution >= 4 is 22.8 Å². The molecule has 0 bridgehead atoms. The van der Waals surface area contributed by atoms with E-state index in [0.29, 0.717) is 30.3 Å². The number of nitrogens with zero attached hydrogens (tertiary/aromatic N) is 4. The number of imidazole rings is 1. The molecule has 42 heavy (non-hydrogen) atoms. The fraction of sp³-hybridized carbons (Fsp3) is 0.286. The minimum absolute atomic E-state index is 0.104. The van der Waals surface area contributed by atoms with Crippen molar-refractivity contribution in [2.45, 2.75) is 65.0 Å². The van der Waals surface area contributed by atoms with E-state index < -0.39 is 5.60 Å². The van der Waals surface area contributed by atoms with Gasteiger partial charge in [-0.05, 0) is 69.9 Å². The molecule has 0 fully saturated rings. The van der Waals surface area contributed by atoms with E-state index in [2.05, 4.69) is 11.1 Å². The van der Waals surface area contributed by atoms with Crippen LogP contribution in [0.1, 0.15) is 62.4 Å². The van der Waals surface area contributed by atoms with Crippen LogP contribution in [0.2, 0.25) is 0 Å².